The number of carbonyl (C=O) groups is 3. The second-order valence-corrected chi connectivity index (χ2v) is 4.35. The number of aromatic nitrogens is 1. The molecule has 6 heteroatoms. The van der Waals surface area contributed by atoms with Gasteiger partial charge in [0.05, 0.1) is 12.5 Å². The van der Waals surface area contributed by atoms with E-state index in [0.717, 1.165) is 5.56 Å². The summed E-state index contributed by atoms with van der Waals surface area (Å²) in [5.41, 5.74) is 6.68. The first kappa shape index (κ1) is 16.3. The van der Waals surface area contributed by atoms with Crippen molar-refractivity contribution in [1.82, 2.24) is 10.3 Å². The summed E-state index contributed by atoms with van der Waals surface area (Å²) in [4.78, 5) is 37.7. The Morgan fingerprint density at radius 3 is 2.71 bits per heavy atom. The van der Waals surface area contributed by atoms with Crippen molar-refractivity contribution in [1.29, 1.82) is 0 Å². The summed E-state index contributed by atoms with van der Waals surface area (Å²) < 4.78 is 0. The van der Waals surface area contributed by atoms with Gasteiger partial charge in [0.2, 0.25) is 5.91 Å². The molecule has 0 fully saturated rings. The van der Waals surface area contributed by atoms with Gasteiger partial charge in [-0.1, -0.05) is 30.9 Å². The molecule has 0 radical (unpaired) electrons. The number of aldehydes is 1. The fourth-order valence-electron chi connectivity index (χ4n) is 1.64. The van der Waals surface area contributed by atoms with Gasteiger partial charge in [-0.25, -0.2) is 4.98 Å². The van der Waals surface area contributed by atoms with Gasteiger partial charge in [-0.15, -0.1) is 0 Å². The van der Waals surface area contributed by atoms with Crippen LogP contribution in [0, 0.1) is 6.92 Å². The Hall–Kier alpha value is -2.76. The first-order chi connectivity index (χ1) is 9.97. The molecule has 0 unspecified atom stereocenters. The van der Waals surface area contributed by atoms with Crippen molar-refractivity contribution < 1.29 is 14.4 Å². The number of primary amides is 1. The average molecular weight is 287 g/mol. The standard InChI is InChI=1S/C15H17N3O3/c1-3-4-5-11-6-7-13(17-10(11)2)15(21)18-12(9-19)8-14(16)20/h3-7,9,12H,1,8H2,2H3,(H2,16,20)(H,18,21)/b5-4-/t12-/m0/s1. The summed E-state index contributed by atoms with van der Waals surface area (Å²) in [6, 6.07) is 2.33. The fraction of sp³-hybridized carbons (Fsp3) is 0.200. The van der Waals surface area contributed by atoms with Crippen LogP contribution in [0.1, 0.15) is 28.2 Å². The lowest BCUT2D eigenvalue weighted by Crippen LogP contribution is -2.39. The maximum atomic E-state index is 12.0. The Morgan fingerprint density at radius 1 is 1.48 bits per heavy atom. The minimum absolute atomic E-state index is 0.166. The predicted octanol–water partition coefficient (Wildman–Crippen LogP) is 0.762. The van der Waals surface area contributed by atoms with Crippen LogP contribution >= 0.6 is 0 Å². The lowest BCUT2D eigenvalue weighted by Gasteiger charge is -2.11. The quantitative estimate of drug-likeness (QED) is 0.571. The molecule has 110 valence electrons. The second kappa shape index (κ2) is 7.74. The Bertz CT molecular complexity index is 594. The van der Waals surface area contributed by atoms with E-state index in [4.69, 9.17) is 5.73 Å². The van der Waals surface area contributed by atoms with Crippen molar-refractivity contribution in [3.05, 3.63) is 47.8 Å². The van der Waals surface area contributed by atoms with Crippen molar-refractivity contribution in [2.75, 3.05) is 0 Å². The number of rotatable bonds is 7. The van der Waals surface area contributed by atoms with Crippen molar-refractivity contribution in [2.24, 2.45) is 5.73 Å². The highest BCUT2D eigenvalue weighted by Crippen LogP contribution is 2.09. The number of aryl methyl sites for hydroxylation is 1. The third-order valence-electron chi connectivity index (χ3n) is 2.67. The van der Waals surface area contributed by atoms with Crippen LogP contribution in [-0.2, 0) is 9.59 Å². The number of carbonyl (C=O) groups excluding carboxylic acids is 3. The SMILES string of the molecule is C=C/C=C\c1ccc(C(=O)N[C@H](C=O)CC(N)=O)nc1C. The summed E-state index contributed by atoms with van der Waals surface area (Å²) in [7, 11) is 0. The topological polar surface area (TPSA) is 102 Å². The van der Waals surface area contributed by atoms with Crippen LogP contribution in [0.2, 0.25) is 0 Å². The fourth-order valence-corrected chi connectivity index (χ4v) is 1.64. The van der Waals surface area contributed by atoms with Gasteiger partial charge in [-0.05, 0) is 18.6 Å². The molecule has 1 heterocycles. The summed E-state index contributed by atoms with van der Waals surface area (Å²) >= 11 is 0. The number of hydrogen-bond acceptors (Lipinski definition) is 4. The van der Waals surface area contributed by atoms with E-state index in [9.17, 15) is 14.4 Å². The maximum Gasteiger partial charge on any atom is 0.270 e. The Morgan fingerprint density at radius 2 is 2.19 bits per heavy atom. The minimum atomic E-state index is -0.947. The smallest absolute Gasteiger partial charge is 0.270 e. The van der Waals surface area contributed by atoms with Gasteiger partial charge < -0.3 is 15.8 Å². The first-order valence-corrected chi connectivity index (χ1v) is 6.29. The normalized spacial score (nSPS) is 11.9. The Balaban J connectivity index is 2.85. The molecular weight excluding hydrogens is 270 g/mol. The number of allylic oxidation sites excluding steroid dienone is 2. The predicted molar refractivity (Wildman–Crippen MR) is 79.3 cm³/mol. The largest absolute Gasteiger partial charge is 0.370 e. The number of nitrogens with two attached hydrogens (primary N) is 1. The number of nitrogens with one attached hydrogen (secondary N) is 1. The van der Waals surface area contributed by atoms with Crippen LogP contribution in [0.4, 0.5) is 0 Å². The molecule has 0 saturated carbocycles. The molecule has 0 aliphatic heterocycles. The highest BCUT2D eigenvalue weighted by molar-refractivity contribution is 5.94. The van der Waals surface area contributed by atoms with Crippen LogP contribution in [0.25, 0.3) is 6.08 Å². The summed E-state index contributed by atoms with van der Waals surface area (Å²) in [5, 5.41) is 2.40. The molecule has 1 aromatic rings. The van der Waals surface area contributed by atoms with Crippen LogP contribution < -0.4 is 11.1 Å². The molecule has 0 saturated heterocycles. The molecule has 1 rings (SSSR count). The molecule has 21 heavy (non-hydrogen) atoms. The highest BCUT2D eigenvalue weighted by atomic mass is 16.2. The van der Waals surface area contributed by atoms with E-state index in [2.05, 4.69) is 16.9 Å². The molecule has 3 N–H and O–H groups in total. The van der Waals surface area contributed by atoms with E-state index in [0.29, 0.717) is 12.0 Å². The molecule has 2 amide bonds. The third-order valence-corrected chi connectivity index (χ3v) is 2.67. The van der Waals surface area contributed by atoms with E-state index in [1.54, 1.807) is 25.1 Å². The lowest BCUT2D eigenvalue weighted by atomic mass is 10.1. The molecule has 0 aromatic carbocycles. The zero-order valence-corrected chi connectivity index (χ0v) is 11.7. The second-order valence-electron chi connectivity index (χ2n) is 4.35. The van der Waals surface area contributed by atoms with E-state index in [-0.39, 0.29) is 12.1 Å². The molecule has 0 aliphatic rings. The lowest BCUT2D eigenvalue weighted by molar-refractivity contribution is -0.120. The Kier molecular flexibility index (Phi) is 6.00. The van der Waals surface area contributed by atoms with E-state index >= 15 is 0 Å². The maximum absolute atomic E-state index is 12.0. The molecule has 0 bridgehead atoms. The third kappa shape index (κ3) is 5.02. The van der Waals surface area contributed by atoms with Gasteiger partial charge in [0.1, 0.15) is 12.0 Å². The summed E-state index contributed by atoms with van der Waals surface area (Å²) in [6.07, 6.45) is 5.45. The average Bonchev–Trinajstić information content (AvgIpc) is 2.44. The van der Waals surface area contributed by atoms with E-state index in [1.807, 2.05) is 6.08 Å². The highest BCUT2D eigenvalue weighted by Gasteiger charge is 2.16. The van der Waals surface area contributed by atoms with Gasteiger partial charge in [0, 0.05) is 5.69 Å². The monoisotopic (exact) mass is 287 g/mol. The van der Waals surface area contributed by atoms with Crippen LogP contribution in [0.15, 0.2) is 30.9 Å². The van der Waals surface area contributed by atoms with Crippen LogP contribution in [-0.4, -0.2) is 29.1 Å². The molecule has 1 atom stereocenters. The molecule has 1 aromatic heterocycles. The molecule has 0 aliphatic carbocycles. The number of pyridine rings is 1. The van der Waals surface area contributed by atoms with E-state index in [1.165, 1.54) is 6.07 Å². The zero-order valence-electron chi connectivity index (χ0n) is 11.7. The Labute approximate surface area is 122 Å². The van der Waals surface area contributed by atoms with Gasteiger partial charge in [-0.3, -0.25) is 9.59 Å². The number of amides is 2. The van der Waals surface area contributed by atoms with Gasteiger partial charge in [-0.2, -0.15) is 0 Å². The van der Waals surface area contributed by atoms with Gasteiger partial charge in [0.25, 0.3) is 5.91 Å². The number of hydrogen-bond donors (Lipinski definition) is 2. The van der Waals surface area contributed by atoms with Crippen LogP contribution in [0.3, 0.4) is 0 Å². The first-order valence-electron chi connectivity index (χ1n) is 6.29. The van der Waals surface area contributed by atoms with Gasteiger partial charge in [0.15, 0.2) is 0 Å². The molecule has 0 spiro atoms. The minimum Gasteiger partial charge on any atom is -0.370 e. The van der Waals surface area contributed by atoms with E-state index < -0.39 is 17.9 Å². The zero-order chi connectivity index (χ0) is 15.8. The molecule has 6 nitrogen and oxygen atoms in total. The van der Waals surface area contributed by atoms with Crippen molar-refractivity contribution >= 4 is 24.2 Å². The van der Waals surface area contributed by atoms with Crippen molar-refractivity contribution in [3.63, 3.8) is 0 Å². The van der Waals surface area contributed by atoms with Gasteiger partial charge >= 0.3 is 0 Å². The molecular formula is C15H17N3O3. The van der Waals surface area contributed by atoms with Crippen LogP contribution in [0.5, 0.6) is 0 Å². The summed E-state index contributed by atoms with van der Waals surface area (Å²) in [6.45, 7) is 5.34. The van der Waals surface area contributed by atoms with Crippen molar-refractivity contribution in [2.45, 2.75) is 19.4 Å². The van der Waals surface area contributed by atoms with Crippen molar-refractivity contribution in [3.8, 4) is 0 Å². The summed E-state index contributed by atoms with van der Waals surface area (Å²) in [5.74, 6) is -1.20. The number of nitrogens with zero attached hydrogens (tertiary/aromatic N) is 1.